The first-order valence-corrected chi connectivity index (χ1v) is 10.8. The van der Waals surface area contributed by atoms with Crippen molar-refractivity contribution in [3.05, 3.63) is 98.5 Å². The lowest BCUT2D eigenvalue weighted by Gasteiger charge is -2.47. The summed E-state index contributed by atoms with van der Waals surface area (Å²) < 4.78 is 0. The maximum atomic E-state index is 6.37. The van der Waals surface area contributed by atoms with Gasteiger partial charge in [0, 0.05) is 33.2 Å². The molecule has 0 amide bonds. The first-order valence-electron chi connectivity index (χ1n) is 9.67. The minimum Gasteiger partial charge on any atom is -0.309 e. The van der Waals surface area contributed by atoms with Crippen LogP contribution >= 0.6 is 34.8 Å². The molecule has 1 saturated heterocycles. The Morgan fingerprint density at radius 3 is 2.28 bits per heavy atom. The number of benzene rings is 3. The van der Waals surface area contributed by atoms with Crippen molar-refractivity contribution in [2.24, 2.45) is 4.99 Å². The van der Waals surface area contributed by atoms with E-state index in [1.165, 1.54) is 11.1 Å². The molecule has 3 atom stereocenters. The van der Waals surface area contributed by atoms with Crippen LogP contribution in [0, 0.1) is 0 Å². The Hall–Kier alpha value is -1.84. The number of rotatable bonds is 2. The molecule has 2 aliphatic heterocycles. The average Bonchev–Trinajstić information content (AvgIpc) is 3.06. The van der Waals surface area contributed by atoms with Crippen molar-refractivity contribution >= 4 is 46.7 Å². The molecule has 0 unspecified atom stereocenters. The summed E-state index contributed by atoms with van der Waals surface area (Å²) in [7, 11) is 0. The Bertz CT molecular complexity index is 1060. The molecule has 2 heterocycles. The largest absolute Gasteiger partial charge is 0.309 e. The highest BCUT2D eigenvalue weighted by Gasteiger charge is 2.52. The summed E-state index contributed by atoms with van der Waals surface area (Å²) in [6, 6.07) is 22.3. The number of fused-ring (bicyclic) bond motifs is 2. The fraction of sp³-hybridized carbons (Fsp3) is 0.208. The third kappa shape index (κ3) is 3.19. The minimum absolute atomic E-state index is 0.0325. The van der Waals surface area contributed by atoms with Crippen LogP contribution in [0.4, 0.5) is 5.69 Å². The molecule has 0 aliphatic carbocycles. The van der Waals surface area contributed by atoms with Gasteiger partial charge in [0.25, 0.3) is 0 Å². The second-order valence-electron chi connectivity index (χ2n) is 7.69. The van der Waals surface area contributed by atoms with Crippen molar-refractivity contribution in [2.45, 2.75) is 23.8 Å². The van der Waals surface area contributed by atoms with Gasteiger partial charge < -0.3 is 5.32 Å². The van der Waals surface area contributed by atoms with Crippen LogP contribution in [0.25, 0.3) is 0 Å². The third-order valence-electron chi connectivity index (χ3n) is 6.11. The molecule has 0 bridgehead atoms. The molecular formula is C24H19Cl3N2. The van der Waals surface area contributed by atoms with Crippen LogP contribution in [0.3, 0.4) is 0 Å². The molecule has 0 aromatic heterocycles. The normalized spacial score (nSPS) is 25.3. The van der Waals surface area contributed by atoms with Crippen LogP contribution in [0.1, 0.15) is 35.1 Å². The molecule has 146 valence electrons. The zero-order valence-corrected chi connectivity index (χ0v) is 17.8. The van der Waals surface area contributed by atoms with Crippen LogP contribution < -0.4 is 5.32 Å². The van der Waals surface area contributed by atoms with Crippen molar-refractivity contribution in [1.29, 1.82) is 0 Å². The smallest absolute Gasteiger partial charge is 0.0683 e. The van der Waals surface area contributed by atoms with E-state index in [1.54, 1.807) is 0 Å². The first-order chi connectivity index (χ1) is 14.1. The summed E-state index contributed by atoms with van der Waals surface area (Å²) >= 11 is 19.0. The maximum Gasteiger partial charge on any atom is 0.0683 e. The Morgan fingerprint density at radius 2 is 1.52 bits per heavy atom. The molecule has 29 heavy (non-hydrogen) atoms. The Kier molecular flexibility index (Phi) is 4.92. The quantitative estimate of drug-likeness (QED) is 0.450. The van der Waals surface area contributed by atoms with Gasteiger partial charge in [0.1, 0.15) is 0 Å². The van der Waals surface area contributed by atoms with Crippen LogP contribution in [-0.2, 0) is 5.41 Å². The van der Waals surface area contributed by atoms with Crippen LogP contribution in [0.15, 0.2) is 71.7 Å². The van der Waals surface area contributed by atoms with E-state index in [0.717, 1.165) is 34.3 Å². The molecule has 5 heteroatoms. The van der Waals surface area contributed by atoms with E-state index in [4.69, 9.17) is 39.8 Å². The van der Waals surface area contributed by atoms with Crippen molar-refractivity contribution in [2.75, 3.05) is 6.54 Å². The Labute approximate surface area is 185 Å². The maximum absolute atomic E-state index is 6.37. The molecule has 2 nitrogen and oxygen atoms in total. The second kappa shape index (κ2) is 7.45. The fourth-order valence-corrected chi connectivity index (χ4v) is 5.52. The molecule has 1 spiro atoms. The summed E-state index contributed by atoms with van der Waals surface area (Å²) in [5.41, 5.74) is 4.14. The molecule has 3 aromatic rings. The van der Waals surface area contributed by atoms with Gasteiger partial charge in [0.2, 0.25) is 0 Å². The van der Waals surface area contributed by atoms with E-state index in [9.17, 15) is 0 Å². The van der Waals surface area contributed by atoms with Gasteiger partial charge >= 0.3 is 0 Å². The number of hydrogen-bond donors (Lipinski definition) is 1. The van der Waals surface area contributed by atoms with Gasteiger partial charge in [-0.05, 0) is 66.1 Å². The van der Waals surface area contributed by atoms with Gasteiger partial charge in [-0.3, -0.25) is 4.99 Å². The Morgan fingerprint density at radius 1 is 0.828 bits per heavy atom. The number of nitrogens with one attached hydrogen (secondary N) is 1. The molecular weight excluding hydrogens is 423 g/mol. The fourth-order valence-electron chi connectivity index (χ4n) is 4.96. The first kappa shape index (κ1) is 19.1. The second-order valence-corrected chi connectivity index (χ2v) is 9.00. The lowest BCUT2D eigenvalue weighted by molar-refractivity contribution is 0.270. The summed E-state index contributed by atoms with van der Waals surface area (Å²) in [6.45, 7) is 0.896. The monoisotopic (exact) mass is 440 g/mol. The van der Waals surface area contributed by atoms with E-state index in [2.05, 4.69) is 35.8 Å². The summed E-state index contributed by atoms with van der Waals surface area (Å²) in [5.74, 6) is 0.220. The topological polar surface area (TPSA) is 24.4 Å². The van der Waals surface area contributed by atoms with E-state index in [0.29, 0.717) is 5.02 Å². The van der Waals surface area contributed by atoms with Gasteiger partial charge in [-0.1, -0.05) is 65.1 Å². The van der Waals surface area contributed by atoms with Crippen LogP contribution in [0.5, 0.6) is 0 Å². The van der Waals surface area contributed by atoms with Gasteiger partial charge in [0.15, 0.2) is 0 Å². The lowest BCUT2D eigenvalue weighted by Crippen LogP contribution is -2.51. The zero-order valence-electron chi connectivity index (χ0n) is 15.6. The van der Waals surface area contributed by atoms with Crippen molar-refractivity contribution in [3.8, 4) is 0 Å². The van der Waals surface area contributed by atoms with Gasteiger partial charge in [0.05, 0.1) is 11.1 Å². The standard InChI is InChI=1S/C24H19Cl3N2/c25-17-5-1-3-15(11-17)20-9-10-28-23(16-4-2-6-18(26)12-16)24(20)14-29-22-13-19(27)7-8-21(22)24/h1-8,11-14,20,23,28H,9-10H2/t20-,23+,24-/m0/s1. The number of halogens is 3. The van der Waals surface area contributed by atoms with Crippen LogP contribution in [-0.4, -0.2) is 12.8 Å². The van der Waals surface area contributed by atoms with Gasteiger partial charge in [-0.25, -0.2) is 0 Å². The highest BCUT2D eigenvalue weighted by molar-refractivity contribution is 6.31. The summed E-state index contributed by atoms with van der Waals surface area (Å²) in [4.78, 5) is 4.82. The van der Waals surface area contributed by atoms with Gasteiger partial charge in [-0.2, -0.15) is 0 Å². The molecule has 0 radical (unpaired) electrons. The molecule has 1 N–H and O–H groups in total. The highest BCUT2D eigenvalue weighted by atomic mass is 35.5. The van der Waals surface area contributed by atoms with E-state index < -0.39 is 0 Å². The molecule has 5 rings (SSSR count). The van der Waals surface area contributed by atoms with Crippen molar-refractivity contribution in [1.82, 2.24) is 5.32 Å². The van der Waals surface area contributed by atoms with Crippen molar-refractivity contribution < 1.29 is 0 Å². The molecule has 0 saturated carbocycles. The summed E-state index contributed by atoms with van der Waals surface area (Å²) in [6.07, 6.45) is 3.09. The highest BCUT2D eigenvalue weighted by Crippen LogP contribution is 2.56. The van der Waals surface area contributed by atoms with Crippen molar-refractivity contribution in [3.63, 3.8) is 0 Å². The third-order valence-corrected chi connectivity index (χ3v) is 6.82. The molecule has 2 aliphatic rings. The number of piperidine rings is 1. The van der Waals surface area contributed by atoms with E-state index in [-0.39, 0.29) is 17.4 Å². The van der Waals surface area contributed by atoms with Crippen LogP contribution in [0.2, 0.25) is 15.1 Å². The molecule has 1 fully saturated rings. The number of nitrogens with zero attached hydrogens (tertiary/aromatic N) is 1. The average molecular weight is 442 g/mol. The van der Waals surface area contributed by atoms with E-state index >= 15 is 0 Å². The SMILES string of the molecule is Clc1cccc([C@H]2NCC[C@@H](c3cccc(Cl)c3)[C@]23C=Nc2cc(Cl)ccc23)c1. The predicted octanol–water partition coefficient (Wildman–Crippen LogP) is 7.12. The lowest BCUT2D eigenvalue weighted by atomic mass is 9.60. The summed E-state index contributed by atoms with van der Waals surface area (Å²) in [5, 5.41) is 5.93. The van der Waals surface area contributed by atoms with Gasteiger partial charge in [-0.15, -0.1) is 0 Å². The zero-order chi connectivity index (χ0) is 20.0. The minimum atomic E-state index is -0.354. The molecule has 3 aromatic carbocycles. The number of hydrogen-bond acceptors (Lipinski definition) is 2. The number of aliphatic imine (C=N–C) groups is 1. The predicted molar refractivity (Wildman–Crippen MR) is 122 cm³/mol. The van der Waals surface area contributed by atoms with E-state index in [1.807, 2.05) is 42.5 Å². The Balaban J connectivity index is 1.74.